The summed E-state index contributed by atoms with van der Waals surface area (Å²) in [6.45, 7) is 3.94. The molecule has 0 aliphatic heterocycles. The number of rotatable bonds is 0. The van der Waals surface area contributed by atoms with E-state index >= 15 is 0 Å². The molecular weight excluding hydrogens is 287 g/mol. The molecule has 4 atom stereocenters. The van der Waals surface area contributed by atoms with E-state index in [9.17, 15) is 9.18 Å². The van der Waals surface area contributed by atoms with Gasteiger partial charge < -0.3 is 0 Å². The number of fused-ring (bicyclic) bond motifs is 5. The van der Waals surface area contributed by atoms with Gasteiger partial charge in [0.05, 0.1) is 5.56 Å². The van der Waals surface area contributed by atoms with Crippen LogP contribution in [-0.4, -0.2) is 5.78 Å². The summed E-state index contributed by atoms with van der Waals surface area (Å²) >= 11 is 0. The van der Waals surface area contributed by atoms with E-state index in [0.717, 1.165) is 38.5 Å². The summed E-state index contributed by atoms with van der Waals surface area (Å²) in [4.78, 5) is 12.4. The van der Waals surface area contributed by atoms with Crippen LogP contribution in [0.3, 0.4) is 0 Å². The van der Waals surface area contributed by atoms with Crippen molar-refractivity contribution in [2.45, 2.75) is 58.3 Å². The third-order valence-corrected chi connectivity index (χ3v) is 6.78. The minimum Gasteiger partial charge on any atom is -0.299 e. The third kappa shape index (κ3) is 2.09. The van der Waals surface area contributed by atoms with Crippen LogP contribution in [0.2, 0.25) is 0 Å². The van der Waals surface area contributed by atoms with E-state index < -0.39 is 0 Å². The van der Waals surface area contributed by atoms with Crippen molar-refractivity contribution in [3.63, 3.8) is 0 Å². The van der Waals surface area contributed by atoms with Crippen LogP contribution in [0.25, 0.3) is 0 Å². The standard InChI is InChI=1S/C21H23FO/c1-3-4-14-11-17-13(12-19(14)22)5-6-16-15(17)9-10-21(2)18(16)7-8-20(21)23/h11-12,15-16,18H,5-10H2,1-2H3/t15?,16?,18?,21-/m0/s1. The number of Topliss-reactive ketones (excluding diaryl/α,β-unsaturated/α-hetero) is 1. The molecule has 1 aromatic carbocycles. The molecule has 0 saturated heterocycles. The van der Waals surface area contributed by atoms with Crippen molar-refractivity contribution in [2.75, 3.05) is 0 Å². The first-order valence-corrected chi connectivity index (χ1v) is 8.83. The summed E-state index contributed by atoms with van der Waals surface area (Å²) in [6, 6.07) is 3.70. The van der Waals surface area contributed by atoms with Gasteiger partial charge in [-0.05, 0) is 80.0 Å². The molecule has 0 N–H and O–H groups in total. The maximum atomic E-state index is 14.2. The summed E-state index contributed by atoms with van der Waals surface area (Å²) in [6.07, 6.45) is 5.89. The van der Waals surface area contributed by atoms with Crippen molar-refractivity contribution in [1.82, 2.24) is 0 Å². The van der Waals surface area contributed by atoms with Gasteiger partial charge in [0.15, 0.2) is 0 Å². The largest absolute Gasteiger partial charge is 0.299 e. The van der Waals surface area contributed by atoms with Crippen molar-refractivity contribution in [2.24, 2.45) is 17.3 Å². The van der Waals surface area contributed by atoms with Crippen molar-refractivity contribution in [3.05, 3.63) is 34.6 Å². The average Bonchev–Trinajstić information content (AvgIpc) is 2.84. The number of aryl methyl sites for hydroxylation is 1. The zero-order chi connectivity index (χ0) is 16.2. The second-order valence-corrected chi connectivity index (χ2v) is 7.74. The number of hydrogen-bond acceptors (Lipinski definition) is 1. The molecule has 0 bridgehead atoms. The number of ketones is 1. The Balaban J connectivity index is 1.75. The molecule has 0 spiro atoms. The Hall–Kier alpha value is -1.62. The molecule has 3 aliphatic carbocycles. The highest BCUT2D eigenvalue weighted by molar-refractivity contribution is 5.87. The van der Waals surface area contributed by atoms with E-state index in [-0.39, 0.29) is 11.2 Å². The quantitative estimate of drug-likeness (QED) is 0.639. The molecule has 23 heavy (non-hydrogen) atoms. The molecule has 120 valence electrons. The lowest BCUT2D eigenvalue weighted by Gasteiger charge is -2.48. The van der Waals surface area contributed by atoms with Gasteiger partial charge in [0.25, 0.3) is 0 Å². The van der Waals surface area contributed by atoms with Gasteiger partial charge in [-0.2, -0.15) is 0 Å². The predicted molar refractivity (Wildman–Crippen MR) is 88.6 cm³/mol. The molecular formula is C21H23FO. The minimum absolute atomic E-state index is 0.0925. The fourth-order valence-electron chi connectivity index (χ4n) is 5.59. The zero-order valence-electron chi connectivity index (χ0n) is 13.9. The topological polar surface area (TPSA) is 17.1 Å². The van der Waals surface area contributed by atoms with Gasteiger partial charge in [0.2, 0.25) is 0 Å². The fraction of sp³-hybridized carbons (Fsp3) is 0.571. The lowest BCUT2D eigenvalue weighted by Crippen LogP contribution is -2.42. The highest BCUT2D eigenvalue weighted by Crippen LogP contribution is 2.59. The van der Waals surface area contributed by atoms with Gasteiger partial charge >= 0.3 is 0 Å². The van der Waals surface area contributed by atoms with E-state index in [4.69, 9.17) is 0 Å². The van der Waals surface area contributed by atoms with Crippen LogP contribution >= 0.6 is 0 Å². The first-order valence-electron chi connectivity index (χ1n) is 8.83. The van der Waals surface area contributed by atoms with Crippen LogP contribution in [0.4, 0.5) is 4.39 Å². The lowest BCUT2D eigenvalue weighted by atomic mass is 9.55. The lowest BCUT2D eigenvalue weighted by molar-refractivity contribution is -0.129. The average molecular weight is 310 g/mol. The summed E-state index contributed by atoms with van der Waals surface area (Å²) in [7, 11) is 0. The number of hydrogen-bond donors (Lipinski definition) is 0. The molecule has 3 unspecified atom stereocenters. The van der Waals surface area contributed by atoms with Gasteiger partial charge in [-0.25, -0.2) is 4.39 Å². The van der Waals surface area contributed by atoms with Crippen LogP contribution in [0.1, 0.15) is 68.6 Å². The Kier molecular flexibility index (Phi) is 3.38. The normalized spacial score (nSPS) is 34.9. The summed E-state index contributed by atoms with van der Waals surface area (Å²) < 4.78 is 14.2. The van der Waals surface area contributed by atoms with Gasteiger partial charge in [-0.1, -0.05) is 12.8 Å². The first-order chi connectivity index (χ1) is 11.0. The van der Waals surface area contributed by atoms with Crippen LogP contribution in [0.15, 0.2) is 12.1 Å². The minimum atomic E-state index is -0.187. The van der Waals surface area contributed by atoms with E-state index in [2.05, 4.69) is 18.8 Å². The Bertz CT molecular complexity index is 738. The van der Waals surface area contributed by atoms with E-state index in [1.165, 1.54) is 11.1 Å². The second kappa shape index (κ2) is 5.20. The zero-order valence-corrected chi connectivity index (χ0v) is 13.9. The molecule has 4 rings (SSSR count). The van der Waals surface area contributed by atoms with Crippen molar-refractivity contribution in [3.8, 4) is 11.8 Å². The van der Waals surface area contributed by atoms with Crippen molar-refractivity contribution in [1.29, 1.82) is 0 Å². The third-order valence-electron chi connectivity index (χ3n) is 6.78. The summed E-state index contributed by atoms with van der Waals surface area (Å²) in [5.74, 6) is 7.60. The van der Waals surface area contributed by atoms with Crippen LogP contribution in [0.5, 0.6) is 0 Å². The van der Waals surface area contributed by atoms with Gasteiger partial charge in [0.1, 0.15) is 11.6 Å². The molecule has 0 heterocycles. The molecule has 0 radical (unpaired) electrons. The predicted octanol–water partition coefficient (Wildman–Crippen LogP) is 4.62. The maximum absolute atomic E-state index is 14.2. The van der Waals surface area contributed by atoms with Gasteiger partial charge in [-0.15, -0.1) is 5.92 Å². The molecule has 1 aromatic rings. The van der Waals surface area contributed by atoms with Crippen molar-refractivity contribution >= 4 is 5.78 Å². The number of carbonyl (C=O) groups is 1. The Labute approximate surface area is 137 Å². The molecule has 2 heteroatoms. The van der Waals surface area contributed by atoms with E-state index in [0.29, 0.717) is 29.1 Å². The first kappa shape index (κ1) is 14.9. The molecule has 0 amide bonds. The van der Waals surface area contributed by atoms with E-state index in [1.807, 2.05) is 6.07 Å². The Morgan fingerprint density at radius 2 is 2.04 bits per heavy atom. The molecule has 3 aliphatic rings. The summed E-state index contributed by atoms with van der Waals surface area (Å²) in [5.41, 5.74) is 2.91. The Morgan fingerprint density at radius 3 is 2.83 bits per heavy atom. The van der Waals surface area contributed by atoms with Gasteiger partial charge in [0, 0.05) is 11.8 Å². The highest BCUT2D eigenvalue weighted by atomic mass is 19.1. The molecule has 0 aromatic heterocycles. The van der Waals surface area contributed by atoms with Crippen LogP contribution in [-0.2, 0) is 11.2 Å². The molecule has 2 fully saturated rings. The van der Waals surface area contributed by atoms with Crippen LogP contribution < -0.4 is 0 Å². The second-order valence-electron chi connectivity index (χ2n) is 7.74. The maximum Gasteiger partial charge on any atom is 0.139 e. The number of carbonyl (C=O) groups excluding carboxylic acids is 1. The highest BCUT2D eigenvalue weighted by Gasteiger charge is 2.54. The Morgan fingerprint density at radius 1 is 1.22 bits per heavy atom. The smallest absolute Gasteiger partial charge is 0.139 e. The number of benzene rings is 1. The fourth-order valence-corrected chi connectivity index (χ4v) is 5.59. The molecule has 1 nitrogen and oxygen atoms in total. The van der Waals surface area contributed by atoms with Crippen LogP contribution in [0, 0.1) is 34.9 Å². The monoisotopic (exact) mass is 310 g/mol. The van der Waals surface area contributed by atoms with Gasteiger partial charge in [-0.3, -0.25) is 4.79 Å². The summed E-state index contributed by atoms with van der Waals surface area (Å²) in [5, 5.41) is 0. The molecule has 2 saturated carbocycles. The van der Waals surface area contributed by atoms with Crippen molar-refractivity contribution < 1.29 is 9.18 Å². The SMILES string of the molecule is CC#Cc1cc2c(cc1F)CCC1C2CC[C@]2(C)C(=O)CCC12. The number of halogens is 1. The van der Waals surface area contributed by atoms with E-state index in [1.54, 1.807) is 13.0 Å².